The molecule has 0 bridgehead atoms. The van der Waals surface area contributed by atoms with Crippen LogP contribution in [-0.4, -0.2) is 96.7 Å². The fourth-order valence-electron chi connectivity index (χ4n) is 10.6. The number of aliphatic hydroxyl groups is 1. The second-order valence-electron chi connectivity index (χ2n) is 27.2. The molecule has 0 spiro atoms. The van der Waals surface area contributed by atoms with E-state index in [4.69, 9.17) is 37.0 Å². The van der Waals surface area contributed by atoms with Crippen molar-refractivity contribution in [2.45, 2.75) is 329 Å². The first-order valence-electron chi connectivity index (χ1n) is 42.0. The molecule has 0 amide bonds. The van der Waals surface area contributed by atoms with Crippen molar-refractivity contribution in [3.8, 4) is 0 Å². The van der Waals surface area contributed by atoms with E-state index in [1.807, 2.05) is 0 Å². The summed E-state index contributed by atoms with van der Waals surface area (Å²) in [5.41, 5.74) is 0. The Morgan fingerprint density at radius 2 is 0.445 bits per heavy atom. The molecule has 0 fully saturated rings. The van der Waals surface area contributed by atoms with E-state index in [1.54, 1.807) is 0 Å². The molecule has 0 aliphatic rings. The second-order valence-corrected chi connectivity index (χ2v) is 30.1. The SMILES string of the molecule is CC/C=C\C/C=C\C/C=C\C/C=C\CCCCCCCCC(=O)OCC(COP(=O)(O)OCC(O)COP(=O)(O)OCC(COC(=O)CCCCCCCC/C=C\C/C=C\C/C=C\C/C=C\CC)OC(=O)CCCCCCCCC/C=C\C/C=C\C/C=C\CC)OC(=O)CCCC/C=C\C/C=C\C/C=C\C/C=C\CC. The van der Waals surface area contributed by atoms with E-state index >= 15 is 0 Å². The van der Waals surface area contributed by atoms with Crippen LogP contribution in [0.25, 0.3) is 0 Å². The summed E-state index contributed by atoms with van der Waals surface area (Å²) in [6, 6.07) is 0. The molecule has 0 aromatic heterocycles. The molecule has 624 valence electrons. The van der Waals surface area contributed by atoms with E-state index in [0.717, 1.165) is 225 Å². The maximum Gasteiger partial charge on any atom is 0.472 e. The van der Waals surface area contributed by atoms with E-state index < -0.39 is 97.5 Å². The van der Waals surface area contributed by atoms with Crippen molar-refractivity contribution in [3.05, 3.63) is 182 Å². The number of carbonyl (C=O) groups is 4. The molecule has 0 radical (unpaired) electrons. The molecule has 5 unspecified atom stereocenters. The van der Waals surface area contributed by atoms with Gasteiger partial charge in [0.15, 0.2) is 12.2 Å². The largest absolute Gasteiger partial charge is 0.472 e. The first kappa shape index (κ1) is 104. The van der Waals surface area contributed by atoms with Crippen LogP contribution in [0.15, 0.2) is 182 Å². The number of aliphatic hydroxyl groups excluding tert-OH is 1. The quantitative estimate of drug-likeness (QED) is 0.0169. The van der Waals surface area contributed by atoms with Crippen LogP contribution in [0, 0.1) is 0 Å². The first-order valence-corrected chi connectivity index (χ1v) is 45.0. The van der Waals surface area contributed by atoms with Crippen LogP contribution in [0.2, 0.25) is 0 Å². The van der Waals surface area contributed by atoms with Gasteiger partial charge in [-0.25, -0.2) is 9.13 Å². The van der Waals surface area contributed by atoms with Gasteiger partial charge in [-0.1, -0.05) is 293 Å². The zero-order valence-electron chi connectivity index (χ0n) is 68.4. The third-order valence-electron chi connectivity index (χ3n) is 16.9. The van der Waals surface area contributed by atoms with Gasteiger partial charge in [0, 0.05) is 25.7 Å². The lowest BCUT2D eigenvalue weighted by Gasteiger charge is -2.21. The second kappa shape index (κ2) is 81.2. The summed E-state index contributed by atoms with van der Waals surface area (Å²) in [6.07, 6.45) is 98.6. The third kappa shape index (κ3) is 80.2. The Kier molecular flexibility index (Phi) is 76.9. The highest BCUT2D eigenvalue weighted by molar-refractivity contribution is 7.47. The topological polar surface area (TPSA) is 237 Å². The number of phosphoric ester groups is 2. The Morgan fingerprint density at radius 3 is 0.700 bits per heavy atom. The van der Waals surface area contributed by atoms with Crippen LogP contribution < -0.4 is 0 Å². The predicted octanol–water partition coefficient (Wildman–Crippen LogP) is 25.1. The monoisotopic (exact) mass is 1580 g/mol. The Morgan fingerprint density at radius 1 is 0.255 bits per heavy atom. The van der Waals surface area contributed by atoms with Crippen molar-refractivity contribution >= 4 is 39.5 Å². The highest BCUT2D eigenvalue weighted by Crippen LogP contribution is 2.45. The molecule has 3 N–H and O–H groups in total. The molecule has 0 aliphatic carbocycles. The molecule has 0 rings (SSSR count). The average Bonchev–Trinajstić information content (AvgIpc) is 0.899. The van der Waals surface area contributed by atoms with Gasteiger partial charge in [-0.3, -0.25) is 37.3 Å². The fraction of sp³-hybridized carbons (Fsp3) is 0.626. The Bertz CT molecular complexity index is 2800. The van der Waals surface area contributed by atoms with Gasteiger partial charge in [0.2, 0.25) is 0 Å². The summed E-state index contributed by atoms with van der Waals surface area (Å²) in [6.45, 7) is 4.34. The van der Waals surface area contributed by atoms with Gasteiger partial charge in [0.25, 0.3) is 0 Å². The smallest absolute Gasteiger partial charge is 0.462 e. The van der Waals surface area contributed by atoms with E-state index in [1.165, 1.54) is 0 Å². The molecule has 0 heterocycles. The minimum Gasteiger partial charge on any atom is -0.462 e. The summed E-state index contributed by atoms with van der Waals surface area (Å²) < 4.78 is 68.7. The number of phosphoric acid groups is 2. The number of hydrogen-bond donors (Lipinski definition) is 3. The molecule has 0 aromatic rings. The van der Waals surface area contributed by atoms with Gasteiger partial charge in [0.05, 0.1) is 26.4 Å². The minimum absolute atomic E-state index is 0.0327. The Labute approximate surface area is 666 Å². The Hall–Kier alpha value is -5.84. The predicted molar refractivity (Wildman–Crippen MR) is 454 cm³/mol. The molecule has 17 nitrogen and oxygen atoms in total. The Balaban J connectivity index is 5.45. The van der Waals surface area contributed by atoms with Crippen molar-refractivity contribution in [2.24, 2.45) is 0 Å². The zero-order valence-corrected chi connectivity index (χ0v) is 70.1. The summed E-state index contributed by atoms with van der Waals surface area (Å²) >= 11 is 0. The maximum atomic E-state index is 13.1. The molecule has 0 saturated heterocycles. The van der Waals surface area contributed by atoms with Crippen LogP contribution in [-0.2, 0) is 65.4 Å². The fourth-order valence-corrected chi connectivity index (χ4v) is 12.2. The highest BCUT2D eigenvalue weighted by atomic mass is 31.2. The van der Waals surface area contributed by atoms with Crippen LogP contribution >= 0.6 is 15.6 Å². The van der Waals surface area contributed by atoms with E-state index in [2.05, 4.69) is 210 Å². The lowest BCUT2D eigenvalue weighted by Crippen LogP contribution is -2.30. The average molecular weight is 1580 g/mol. The number of rotatable bonds is 77. The van der Waals surface area contributed by atoms with Gasteiger partial charge >= 0.3 is 39.5 Å². The number of allylic oxidation sites excluding steroid dienone is 30. The molecule has 0 saturated carbocycles. The zero-order chi connectivity index (χ0) is 80.3. The summed E-state index contributed by atoms with van der Waals surface area (Å²) in [4.78, 5) is 73.3. The van der Waals surface area contributed by atoms with Gasteiger partial charge < -0.3 is 33.8 Å². The van der Waals surface area contributed by atoms with Crippen LogP contribution in [0.1, 0.15) is 310 Å². The van der Waals surface area contributed by atoms with Crippen LogP contribution in [0.5, 0.6) is 0 Å². The van der Waals surface area contributed by atoms with Crippen molar-refractivity contribution in [1.82, 2.24) is 0 Å². The van der Waals surface area contributed by atoms with Gasteiger partial charge in [0.1, 0.15) is 19.3 Å². The van der Waals surface area contributed by atoms with Gasteiger partial charge in [-0.05, 0) is 173 Å². The molecular weight excluding hydrogens is 1430 g/mol. The van der Waals surface area contributed by atoms with Gasteiger partial charge in [-0.2, -0.15) is 0 Å². The number of unbranched alkanes of at least 4 members (excludes halogenated alkanes) is 21. The number of ether oxygens (including phenoxy) is 4. The molecule has 5 atom stereocenters. The lowest BCUT2D eigenvalue weighted by molar-refractivity contribution is -0.161. The van der Waals surface area contributed by atoms with Crippen LogP contribution in [0.4, 0.5) is 0 Å². The first-order chi connectivity index (χ1) is 53.7. The van der Waals surface area contributed by atoms with Crippen molar-refractivity contribution < 1.29 is 80.2 Å². The van der Waals surface area contributed by atoms with Gasteiger partial charge in [-0.15, -0.1) is 0 Å². The number of esters is 4. The van der Waals surface area contributed by atoms with E-state index in [0.29, 0.717) is 32.1 Å². The summed E-state index contributed by atoms with van der Waals surface area (Å²) in [7, 11) is -10.0. The van der Waals surface area contributed by atoms with E-state index in [9.17, 15) is 43.2 Å². The normalized spacial score (nSPS) is 14.7. The van der Waals surface area contributed by atoms with Crippen LogP contribution in [0.3, 0.4) is 0 Å². The number of carbonyl (C=O) groups excluding carboxylic acids is 4. The molecule has 110 heavy (non-hydrogen) atoms. The molecular formula is C91H148O17P2. The standard InChI is InChI=1S/C91H148O17P2/c1-5-9-13-17-21-25-29-33-37-40-42-45-48-51-55-59-63-67-71-75-88(93)101-81-86(107-90(95)77-73-69-65-61-57-53-47-36-32-28-24-20-16-12-8-4)83-105-109(97,98)103-79-85(92)80-104-110(99,100)106-84-87(108-91(96)78-74-70-66-62-58-54-50-44-39-35-31-27-23-19-15-11-7-3)82-102-89(94)76-72-68-64-60-56-52-49-46-43-41-38-34-30-26-22-18-14-10-6-2/h9-16,21-28,33-39,42-43,45-47,57,61,85-87,92H,5-8,17-20,29-32,40-41,44,48-56,58-60,62-84H2,1-4H3,(H,97,98)(H,99,100)/b13-9-,14-10-,15-11-,16-12-,25-21-,26-22-,27-23-,28-24-,37-33-,38-34-,39-35-,45-42-,46-43-,47-36-,61-57-. The van der Waals surface area contributed by atoms with Crippen molar-refractivity contribution in [2.75, 3.05) is 39.6 Å². The van der Waals surface area contributed by atoms with Crippen molar-refractivity contribution in [3.63, 3.8) is 0 Å². The molecule has 0 aliphatic heterocycles. The third-order valence-corrected chi connectivity index (χ3v) is 18.8. The van der Waals surface area contributed by atoms with Crippen molar-refractivity contribution in [1.29, 1.82) is 0 Å². The minimum atomic E-state index is -5.01. The molecule has 0 aromatic carbocycles. The summed E-state index contributed by atoms with van der Waals surface area (Å²) in [5.74, 6) is -2.27. The number of hydrogen-bond acceptors (Lipinski definition) is 15. The maximum absolute atomic E-state index is 13.1. The summed E-state index contributed by atoms with van der Waals surface area (Å²) in [5, 5.41) is 10.7. The van der Waals surface area contributed by atoms with E-state index in [-0.39, 0.29) is 25.7 Å². The lowest BCUT2D eigenvalue weighted by atomic mass is 10.1. The molecule has 19 heteroatoms. The highest BCUT2D eigenvalue weighted by Gasteiger charge is 2.30.